The minimum absolute atomic E-state index is 0.290. The van der Waals surface area contributed by atoms with Gasteiger partial charge in [-0.2, -0.15) is 0 Å². The summed E-state index contributed by atoms with van der Waals surface area (Å²) in [7, 11) is 1.74. The Morgan fingerprint density at radius 3 is 2.62 bits per heavy atom. The van der Waals surface area contributed by atoms with Gasteiger partial charge in [-0.1, -0.05) is 36.4 Å². The van der Waals surface area contributed by atoms with Gasteiger partial charge < -0.3 is 10.1 Å². The molecule has 1 N–H and O–H groups in total. The van der Waals surface area contributed by atoms with Crippen LogP contribution in [0.25, 0.3) is 0 Å². The number of ether oxygens (including phenoxy) is 1. The molecule has 0 aliphatic rings. The number of hydrogen-bond donors (Lipinski definition) is 1. The molecule has 0 amide bonds. The zero-order valence-electron chi connectivity index (χ0n) is 8.82. The third-order valence-corrected chi connectivity index (χ3v) is 2.18. The molecule has 0 aliphatic carbocycles. The third kappa shape index (κ3) is 8.47. The van der Waals surface area contributed by atoms with E-state index in [1.807, 2.05) is 0 Å². The summed E-state index contributed by atoms with van der Waals surface area (Å²) in [6.45, 7) is 10.9. The van der Waals surface area contributed by atoms with Gasteiger partial charge >= 0.3 is 0 Å². The smallest absolute Gasteiger partial charge is 0.0467 e. The van der Waals surface area contributed by atoms with E-state index in [9.17, 15) is 0 Å². The molecule has 0 unspecified atom stereocenters. The van der Waals surface area contributed by atoms with Crippen molar-refractivity contribution in [3.05, 3.63) is 11.1 Å². The van der Waals surface area contributed by atoms with Gasteiger partial charge in [0.1, 0.15) is 0 Å². The maximum absolute atomic E-state index is 5.05. The van der Waals surface area contributed by atoms with E-state index in [4.69, 9.17) is 4.74 Å². The summed E-state index contributed by atoms with van der Waals surface area (Å²) in [4.78, 5) is 0. The molecule has 0 spiro atoms. The van der Waals surface area contributed by atoms with E-state index in [0.717, 1.165) is 30.6 Å². The highest BCUT2D eigenvalue weighted by atomic mass is 79.9. The van der Waals surface area contributed by atoms with Gasteiger partial charge in [-0.15, -0.1) is 0 Å². The lowest BCUT2D eigenvalue weighted by atomic mass is 9.90. The third-order valence-electron chi connectivity index (χ3n) is 1.90. The summed E-state index contributed by atoms with van der Waals surface area (Å²) in [5.74, 6) is 0. The highest BCUT2D eigenvalue weighted by Crippen LogP contribution is 2.18. The van der Waals surface area contributed by atoms with E-state index in [1.54, 1.807) is 7.11 Å². The summed E-state index contributed by atoms with van der Waals surface area (Å²) in [5.41, 5.74) is 0.290. The first-order chi connectivity index (χ1) is 5.98. The molecule has 78 valence electrons. The van der Waals surface area contributed by atoms with Crippen molar-refractivity contribution in [2.75, 3.05) is 26.8 Å². The molecule has 0 saturated carbocycles. The molecule has 13 heavy (non-hydrogen) atoms. The fraction of sp³-hybridized carbons (Fsp3) is 0.800. The van der Waals surface area contributed by atoms with Crippen molar-refractivity contribution in [3.63, 3.8) is 0 Å². The van der Waals surface area contributed by atoms with Gasteiger partial charge in [0.15, 0.2) is 0 Å². The van der Waals surface area contributed by atoms with Crippen molar-refractivity contribution in [2.45, 2.75) is 20.3 Å². The SMILES string of the molecule is C=C(Br)CNCC(C)(C)CCOC. The highest BCUT2D eigenvalue weighted by molar-refractivity contribution is 9.11. The number of halogens is 1. The maximum Gasteiger partial charge on any atom is 0.0467 e. The Balaban J connectivity index is 3.56. The van der Waals surface area contributed by atoms with Crippen LogP contribution in [0.2, 0.25) is 0 Å². The topological polar surface area (TPSA) is 21.3 Å². The van der Waals surface area contributed by atoms with E-state index in [0.29, 0.717) is 5.41 Å². The summed E-state index contributed by atoms with van der Waals surface area (Å²) in [5, 5.41) is 3.33. The first kappa shape index (κ1) is 13.1. The average Bonchev–Trinajstić information content (AvgIpc) is 2.00. The molecule has 0 fully saturated rings. The summed E-state index contributed by atoms with van der Waals surface area (Å²) in [6, 6.07) is 0. The minimum atomic E-state index is 0.290. The van der Waals surface area contributed by atoms with Crippen LogP contribution in [-0.4, -0.2) is 26.8 Å². The van der Waals surface area contributed by atoms with Crippen molar-refractivity contribution >= 4 is 15.9 Å². The highest BCUT2D eigenvalue weighted by Gasteiger charge is 2.16. The minimum Gasteiger partial charge on any atom is -0.385 e. The maximum atomic E-state index is 5.05. The fourth-order valence-corrected chi connectivity index (χ4v) is 1.20. The molecule has 0 atom stereocenters. The average molecular weight is 250 g/mol. The number of methoxy groups -OCH3 is 1. The first-order valence-corrected chi connectivity index (χ1v) is 5.30. The van der Waals surface area contributed by atoms with Crippen LogP contribution in [0.15, 0.2) is 11.1 Å². The molecule has 0 rings (SSSR count). The Kier molecular flexibility index (Phi) is 6.64. The molecule has 0 saturated heterocycles. The zero-order chi connectivity index (χ0) is 10.3. The lowest BCUT2D eigenvalue weighted by molar-refractivity contribution is 0.151. The van der Waals surface area contributed by atoms with Crippen LogP contribution >= 0.6 is 15.9 Å². The van der Waals surface area contributed by atoms with Gasteiger partial charge in [-0.05, 0) is 11.8 Å². The Hall–Kier alpha value is 0.140. The Morgan fingerprint density at radius 1 is 1.54 bits per heavy atom. The quantitative estimate of drug-likeness (QED) is 0.749. The standard InChI is InChI=1S/C10H20BrNO/c1-9(11)7-12-8-10(2,3)5-6-13-4/h12H,1,5-8H2,2-4H3. The Bertz CT molecular complexity index is 157. The van der Waals surface area contributed by atoms with Gasteiger partial charge in [0.25, 0.3) is 0 Å². The summed E-state index contributed by atoms with van der Waals surface area (Å²) >= 11 is 3.31. The molecule has 0 aromatic heterocycles. The Morgan fingerprint density at radius 2 is 2.15 bits per heavy atom. The van der Waals surface area contributed by atoms with Crippen molar-refractivity contribution in [1.82, 2.24) is 5.32 Å². The van der Waals surface area contributed by atoms with Gasteiger partial charge in [0.05, 0.1) is 0 Å². The molecular weight excluding hydrogens is 230 g/mol. The molecular formula is C10H20BrNO. The molecule has 0 radical (unpaired) electrons. The molecule has 0 aromatic carbocycles. The largest absolute Gasteiger partial charge is 0.385 e. The van der Waals surface area contributed by atoms with E-state index < -0.39 is 0 Å². The van der Waals surface area contributed by atoms with Crippen LogP contribution in [0.3, 0.4) is 0 Å². The second-order valence-electron chi connectivity index (χ2n) is 4.03. The number of rotatable bonds is 7. The predicted molar refractivity (Wildman–Crippen MR) is 61.2 cm³/mol. The van der Waals surface area contributed by atoms with Crippen LogP contribution in [0.4, 0.5) is 0 Å². The predicted octanol–water partition coefficient (Wildman–Crippen LogP) is 2.55. The number of nitrogens with one attached hydrogen (secondary N) is 1. The van der Waals surface area contributed by atoms with Crippen LogP contribution in [0, 0.1) is 5.41 Å². The van der Waals surface area contributed by atoms with E-state index in [2.05, 4.69) is 41.7 Å². The normalized spacial score (nSPS) is 11.7. The Labute approximate surface area is 89.9 Å². The molecule has 0 bridgehead atoms. The molecule has 0 heterocycles. The van der Waals surface area contributed by atoms with Gasteiger partial charge in [0, 0.05) is 31.3 Å². The lowest BCUT2D eigenvalue weighted by Gasteiger charge is -2.24. The van der Waals surface area contributed by atoms with Gasteiger partial charge in [0.2, 0.25) is 0 Å². The van der Waals surface area contributed by atoms with Gasteiger partial charge in [-0.25, -0.2) is 0 Å². The van der Waals surface area contributed by atoms with Crippen molar-refractivity contribution in [3.8, 4) is 0 Å². The van der Waals surface area contributed by atoms with Crippen LogP contribution in [0.1, 0.15) is 20.3 Å². The van der Waals surface area contributed by atoms with Crippen molar-refractivity contribution in [2.24, 2.45) is 5.41 Å². The molecule has 0 aliphatic heterocycles. The van der Waals surface area contributed by atoms with E-state index in [-0.39, 0.29) is 0 Å². The van der Waals surface area contributed by atoms with Crippen LogP contribution in [-0.2, 0) is 4.74 Å². The summed E-state index contributed by atoms with van der Waals surface area (Å²) < 4.78 is 6.05. The van der Waals surface area contributed by atoms with Gasteiger partial charge in [-0.3, -0.25) is 0 Å². The van der Waals surface area contributed by atoms with E-state index >= 15 is 0 Å². The molecule has 3 heteroatoms. The van der Waals surface area contributed by atoms with E-state index in [1.165, 1.54) is 0 Å². The lowest BCUT2D eigenvalue weighted by Crippen LogP contribution is -2.31. The monoisotopic (exact) mass is 249 g/mol. The first-order valence-electron chi connectivity index (χ1n) is 4.51. The number of hydrogen-bond acceptors (Lipinski definition) is 2. The van der Waals surface area contributed by atoms with Crippen LogP contribution < -0.4 is 5.32 Å². The van der Waals surface area contributed by atoms with Crippen LogP contribution in [0.5, 0.6) is 0 Å². The van der Waals surface area contributed by atoms with Crippen molar-refractivity contribution in [1.29, 1.82) is 0 Å². The second-order valence-corrected chi connectivity index (χ2v) is 5.15. The molecule has 2 nitrogen and oxygen atoms in total. The molecule has 0 aromatic rings. The fourth-order valence-electron chi connectivity index (χ4n) is 1.00. The summed E-state index contributed by atoms with van der Waals surface area (Å²) in [6.07, 6.45) is 1.07. The zero-order valence-corrected chi connectivity index (χ0v) is 10.4. The second kappa shape index (κ2) is 6.57. The van der Waals surface area contributed by atoms with Crippen molar-refractivity contribution < 1.29 is 4.74 Å².